The number of rotatable bonds is 6. The second-order valence-corrected chi connectivity index (χ2v) is 11.4. The van der Waals surface area contributed by atoms with E-state index in [2.05, 4.69) is 134 Å². The zero-order valence-corrected chi connectivity index (χ0v) is 25.0. The number of hydrogen-bond acceptors (Lipinski definition) is 2. The van der Waals surface area contributed by atoms with E-state index in [-0.39, 0.29) is 0 Å². The van der Waals surface area contributed by atoms with E-state index < -0.39 is 0 Å². The molecule has 2 nitrogen and oxygen atoms in total. The van der Waals surface area contributed by atoms with Gasteiger partial charge in [0.2, 0.25) is 0 Å². The SMILES string of the molecule is Cc1ccc(-c2ccc(-c3cc(-c4ccc(-c5ccc(Cl)cc5)cc4)nc(-c4ccc(-c5ccccc5)cc4)n3)cc2)cc1. The average Bonchev–Trinajstić information content (AvgIpc) is 3.09. The van der Waals surface area contributed by atoms with Crippen LogP contribution < -0.4 is 0 Å². The number of aryl methyl sites for hydroxylation is 1. The minimum absolute atomic E-state index is 0.696. The molecule has 0 amide bonds. The molecule has 0 aliphatic heterocycles. The number of hydrogen-bond donors (Lipinski definition) is 0. The summed E-state index contributed by atoms with van der Waals surface area (Å²) in [6.45, 7) is 2.11. The summed E-state index contributed by atoms with van der Waals surface area (Å²) in [6.07, 6.45) is 0. The Morgan fingerprint density at radius 3 is 1.16 bits per heavy atom. The van der Waals surface area contributed by atoms with E-state index >= 15 is 0 Å². The molecule has 0 saturated carbocycles. The highest BCUT2D eigenvalue weighted by Crippen LogP contribution is 2.32. The highest BCUT2D eigenvalue weighted by atomic mass is 35.5. The van der Waals surface area contributed by atoms with E-state index in [1.54, 1.807) is 0 Å². The van der Waals surface area contributed by atoms with Gasteiger partial charge in [-0.15, -0.1) is 0 Å². The summed E-state index contributed by atoms with van der Waals surface area (Å²) < 4.78 is 0. The molecule has 0 saturated heterocycles. The van der Waals surface area contributed by atoms with Crippen molar-refractivity contribution in [2.75, 3.05) is 0 Å². The van der Waals surface area contributed by atoms with Gasteiger partial charge in [0, 0.05) is 21.7 Å². The maximum absolute atomic E-state index is 6.11. The first-order valence-electron chi connectivity index (χ1n) is 14.7. The molecule has 44 heavy (non-hydrogen) atoms. The van der Waals surface area contributed by atoms with Crippen LogP contribution in [0.3, 0.4) is 0 Å². The predicted molar refractivity (Wildman–Crippen MR) is 184 cm³/mol. The van der Waals surface area contributed by atoms with Crippen LogP contribution >= 0.6 is 11.6 Å². The largest absolute Gasteiger partial charge is 0.228 e. The van der Waals surface area contributed by atoms with E-state index in [9.17, 15) is 0 Å². The predicted octanol–water partition coefficient (Wildman–Crippen LogP) is 11.4. The quantitative estimate of drug-likeness (QED) is 0.194. The van der Waals surface area contributed by atoms with Crippen LogP contribution in [-0.4, -0.2) is 9.97 Å². The van der Waals surface area contributed by atoms with Gasteiger partial charge in [-0.2, -0.15) is 0 Å². The summed E-state index contributed by atoms with van der Waals surface area (Å²) in [5, 5.41) is 0.732. The normalized spacial score (nSPS) is 11.0. The Morgan fingerprint density at radius 1 is 0.364 bits per heavy atom. The Bertz CT molecular complexity index is 1910. The molecule has 0 fully saturated rings. The molecular weight excluding hydrogens is 556 g/mol. The van der Waals surface area contributed by atoms with Gasteiger partial charge < -0.3 is 0 Å². The van der Waals surface area contributed by atoms with Crippen molar-refractivity contribution in [2.24, 2.45) is 0 Å². The van der Waals surface area contributed by atoms with Gasteiger partial charge in [-0.25, -0.2) is 9.97 Å². The van der Waals surface area contributed by atoms with Crippen LogP contribution in [0.2, 0.25) is 5.02 Å². The van der Waals surface area contributed by atoms with Gasteiger partial charge in [-0.3, -0.25) is 0 Å². The van der Waals surface area contributed by atoms with Gasteiger partial charge in [-0.05, 0) is 58.5 Å². The molecule has 0 N–H and O–H groups in total. The molecule has 0 unspecified atom stereocenters. The summed E-state index contributed by atoms with van der Waals surface area (Å²) >= 11 is 6.11. The zero-order chi connectivity index (χ0) is 29.9. The van der Waals surface area contributed by atoms with Crippen LogP contribution in [0.25, 0.3) is 67.3 Å². The van der Waals surface area contributed by atoms with Crippen molar-refractivity contribution < 1.29 is 0 Å². The van der Waals surface area contributed by atoms with Crippen molar-refractivity contribution in [1.82, 2.24) is 9.97 Å². The summed E-state index contributed by atoms with van der Waals surface area (Å²) in [5.74, 6) is 0.696. The first-order chi connectivity index (χ1) is 21.6. The van der Waals surface area contributed by atoms with Crippen molar-refractivity contribution in [3.8, 4) is 67.3 Å². The van der Waals surface area contributed by atoms with E-state index in [0.29, 0.717) is 5.82 Å². The molecule has 210 valence electrons. The first kappa shape index (κ1) is 27.5. The van der Waals surface area contributed by atoms with Crippen molar-refractivity contribution in [2.45, 2.75) is 6.92 Å². The number of aromatic nitrogens is 2. The molecule has 0 aliphatic carbocycles. The molecule has 0 bridgehead atoms. The van der Waals surface area contributed by atoms with E-state index in [1.165, 1.54) is 22.3 Å². The van der Waals surface area contributed by atoms with E-state index in [4.69, 9.17) is 21.6 Å². The number of nitrogens with zero attached hydrogens (tertiary/aromatic N) is 2. The van der Waals surface area contributed by atoms with Gasteiger partial charge in [0.1, 0.15) is 0 Å². The van der Waals surface area contributed by atoms with Gasteiger partial charge in [-0.1, -0.05) is 157 Å². The molecule has 7 aromatic rings. The molecule has 7 rings (SSSR count). The maximum Gasteiger partial charge on any atom is 0.160 e. The smallest absolute Gasteiger partial charge is 0.160 e. The van der Waals surface area contributed by atoms with E-state index in [1.807, 2.05) is 30.3 Å². The zero-order valence-electron chi connectivity index (χ0n) is 24.3. The fraction of sp³-hybridized carbons (Fsp3) is 0.0244. The molecule has 0 spiro atoms. The van der Waals surface area contributed by atoms with Crippen molar-refractivity contribution >= 4 is 11.6 Å². The Morgan fingerprint density at radius 2 is 0.705 bits per heavy atom. The van der Waals surface area contributed by atoms with Crippen molar-refractivity contribution in [3.05, 3.63) is 168 Å². The van der Waals surface area contributed by atoms with Crippen molar-refractivity contribution in [1.29, 1.82) is 0 Å². The minimum Gasteiger partial charge on any atom is -0.228 e. The second kappa shape index (κ2) is 12.1. The summed E-state index contributed by atoms with van der Waals surface area (Å²) in [5.41, 5.74) is 13.0. The van der Waals surface area contributed by atoms with Crippen molar-refractivity contribution in [3.63, 3.8) is 0 Å². The third-order valence-corrected chi connectivity index (χ3v) is 8.15. The number of halogens is 1. The molecule has 0 aliphatic rings. The fourth-order valence-corrected chi connectivity index (χ4v) is 5.50. The average molecular weight is 585 g/mol. The monoisotopic (exact) mass is 584 g/mol. The lowest BCUT2D eigenvalue weighted by atomic mass is 10.00. The summed E-state index contributed by atoms with van der Waals surface area (Å²) in [6, 6.07) is 54.6. The Balaban J connectivity index is 1.27. The summed E-state index contributed by atoms with van der Waals surface area (Å²) in [4.78, 5) is 10.1. The highest BCUT2D eigenvalue weighted by Gasteiger charge is 2.12. The fourth-order valence-electron chi connectivity index (χ4n) is 5.37. The Hall–Kier alpha value is -5.31. The lowest BCUT2D eigenvalue weighted by Crippen LogP contribution is -1.96. The third-order valence-electron chi connectivity index (χ3n) is 7.90. The van der Waals surface area contributed by atoms with Gasteiger partial charge >= 0.3 is 0 Å². The van der Waals surface area contributed by atoms with Gasteiger partial charge in [0.05, 0.1) is 11.4 Å². The van der Waals surface area contributed by atoms with Crippen LogP contribution in [0.5, 0.6) is 0 Å². The van der Waals surface area contributed by atoms with Crippen LogP contribution in [0, 0.1) is 6.92 Å². The standard InChI is InChI=1S/C41H29ClN2/c1-28-7-9-30(10-8-28)32-11-17-35(18-12-32)39-27-40(36-19-13-33(14-20-36)34-23-25-38(42)26-24-34)44-41(43-39)37-21-15-31(16-22-37)29-5-3-2-4-6-29/h2-27H,1H3. The van der Waals surface area contributed by atoms with Crippen LogP contribution in [-0.2, 0) is 0 Å². The molecule has 0 radical (unpaired) electrons. The minimum atomic E-state index is 0.696. The lowest BCUT2D eigenvalue weighted by molar-refractivity contribution is 1.18. The second-order valence-electron chi connectivity index (χ2n) is 10.9. The molecule has 6 aromatic carbocycles. The number of benzene rings is 6. The Labute approximate surface area is 263 Å². The van der Waals surface area contributed by atoms with Gasteiger partial charge in [0.25, 0.3) is 0 Å². The van der Waals surface area contributed by atoms with Crippen LogP contribution in [0.4, 0.5) is 0 Å². The topological polar surface area (TPSA) is 25.8 Å². The third kappa shape index (κ3) is 5.94. The first-order valence-corrected chi connectivity index (χ1v) is 15.1. The lowest BCUT2D eigenvalue weighted by Gasteiger charge is -2.11. The molecular formula is C41H29ClN2. The molecule has 0 atom stereocenters. The van der Waals surface area contributed by atoms with Crippen LogP contribution in [0.15, 0.2) is 158 Å². The van der Waals surface area contributed by atoms with E-state index in [0.717, 1.165) is 49.8 Å². The van der Waals surface area contributed by atoms with Gasteiger partial charge in [0.15, 0.2) is 5.82 Å². The molecule has 1 aromatic heterocycles. The molecule has 1 heterocycles. The highest BCUT2D eigenvalue weighted by molar-refractivity contribution is 6.30. The van der Waals surface area contributed by atoms with Crippen LogP contribution in [0.1, 0.15) is 5.56 Å². The Kier molecular flexibility index (Phi) is 7.58. The molecule has 3 heteroatoms. The summed E-state index contributed by atoms with van der Waals surface area (Å²) in [7, 11) is 0. The maximum atomic E-state index is 6.11.